The zero-order valence-corrected chi connectivity index (χ0v) is 16.0. The summed E-state index contributed by atoms with van der Waals surface area (Å²) in [5, 5.41) is 8.80. The van der Waals surface area contributed by atoms with Crippen LogP contribution in [0.1, 0.15) is 43.8 Å². The van der Waals surface area contributed by atoms with Gasteiger partial charge in [-0.25, -0.2) is 9.97 Å². The minimum atomic E-state index is 0.605. The summed E-state index contributed by atoms with van der Waals surface area (Å²) in [6.07, 6.45) is 9.45. The molecule has 7 heteroatoms. The Morgan fingerprint density at radius 3 is 2.81 bits per heavy atom. The Balaban J connectivity index is 1.29. The molecular formula is C19H21ClN4OS. The van der Waals surface area contributed by atoms with E-state index in [4.69, 9.17) is 16.0 Å². The van der Waals surface area contributed by atoms with Crippen LogP contribution >= 0.6 is 23.4 Å². The van der Waals surface area contributed by atoms with E-state index < -0.39 is 0 Å². The molecule has 0 amide bonds. The molecule has 4 rings (SSSR count). The highest BCUT2D eigenvalue weighted by Crippen LogP contribution is 2.29. The van der Waals surface area contributed by atoms with E-state index in [9.17, 15) is 0 Å². The minimum absolute atomic E-state index is 0.605. The van der Waals surface area contributed by atoms with E-state index >= 15 is 0 Å². The zero-order valence-electron chi connectivity index (χ0n) is 14.4. The van der Waals surface area contributed by atoms with Crippen molar-refractivity contribution in [3.8, 4) is 11.3 Å². The van der Waals surface area contributed by atoms with Gasteiger partial charge in [0.2, 0.25) is 11.0 Å². The maximum Gasteiger partial charge on any atom is 0.208 e. The Morgan fingerprint density at radius 1 is 1.19 bits per heavy atom. The molecule has 5 nitrogen and oxygen atoms in total. The summed E-state index contributed by atoms with van der Waals surface area (Å²) < 4.78 is 5.81. The van der Waals surface area contributed by atoms with Crippen LogP contribution in [0, 0.1) is 5.92 Å². The standard InChI is InChI=1S/C19H21ClN4OS/c20-15-8-6-14(7-9-15)16-11-21-18(25-16)12-26-19-22-17(23-24-19)10-5-13-3-1-2-4-13/h6-9,11,13H,1-5,10,12H2,(H,22,23,24). The minimum Gasteiger partial charge on any atom is -0.440 e. The van der Waals surface area contributed by atoms with E-state index in [2.05, 4.69) is 20.2 Å². The van der Waals surface area contributed by atoms with Gasteiger partial charge in [-0.1, -0.05) is 49.0 Å². The molecule has 1 aliphatic carbocycles. The van der Waals surface area contributed by atoms with E-state index in [-0.39, 0.29) is 0 Å². The second-order valence-corrected chi connectivity index (χ2v) is 8.05. The summed E-state index contributed by atoms with van der Waals surface area (Å²) in [5.41, 5.74) is 0.963. The second-order valence-electron chi connectivity index (χ2n) is 6.67. The third kappa shape index (κ3) is 4.48. The van der Waals surface area contributed by atoms with Gasteiger partial charge in [-0.05, 0) is 36.6 Å². The molecule has 0 aliphatic heterocycles. The number of benzene rings is 1. The van der Waals surface area contributed by atoms with Crippen molar-refractivity contribution >= 4 is 23.4 Å². The van der Waals surface area contributed by atoms with E-state index in [1.54, 1.807) is 6.20 Å². The van der Waals surface area contributed by atoms with Crippen molar-refractivity contribution in [2.75, 3.05) is 0 Å². The molecular weight excluding hydrogens is 368 g/mol. The summed E-state index contributed by atoms with van der Waals surface area (Å²) >= 11 is 7.45. The van der Waals surface area contributed by atoms with Crippen LogP contribution in [0.5, 0.6) is 0 Å². The van der Waals surface area contributed by atoms with Gasteiger partial charge in [-0.2, -0.15) is 0 Å². The number of nitrogens with zero attached hydrogens (tertiary/aromatic N) is 3. The first-order valence-corrected chi connectivity index (χ1v) is 10.4. The number of aromatic nitrogens is 4. The monoisotopic (exact) mass is 388 g/mol. The van der Waals surface area contributed by atoms with Crippen LogP contribution in [0.2, 0.25) is 5.02 Å². The molecule has 1 aromatic carbocycles. The molecule has 1 aliphatic rings. The molecule has 0 radical (unpaired) electrons. The molecule has 136 valence electrons. The molecule has 3 aromatic rings. The Bertz CT molecular complexity index is 839. The van der Waals surface area contributed by atoms with E-state index in [0.717, 1.165) is 34.6 Å². The van der Waals surface area contributed by atoms with Gasteiger partial charge < -0.3 is 4.42 Å². The van der Waals surface area contributed by atoms with Crippen molar-refractivity contribution in [2.24, 2.45) is 5.92 Å². The Hall–Kier alpha value is -1.79. The first-order chi connectivity index (χ1) is 12.8. The number of nitrogens with one attached hydrogen (secondary N) is 1. The van der Waals surface area contributed by atoms with E-state index in [0.29, 0.717) is 16.7 Å². The number of rotatable bonds is 7. The lowest BCUT2D eigenvalue weighted by Gasteiger charge is -2.05. The van der Waals surface area contributed by atoms with Crippen LogP contribution in [0.25, 0.3) is 11.3 Å². The normalized spacial score (nSPS) is 15.0. The lowest BCUT2D eigenvalue weighted by molar-refractivity contribution is 0.497. The third-order valence-corrected chi connectivity index (χ3v) is 5.87. The van der Waals surface area contributed by atoms with Crippen molar-refractivity contribution in [2.45, 2.75) is 49.4 Å². The Morgan fingerprint density at radius 2 is 2.00 bits per heavy atom. The summed E-state index contributed by atoms with van der Waals surface area (Å²) in [6, 6.07) is 7.53. The van der Waals surface area contributed by atoms with Gasteiger partial charge in [0, 0.05) is 17.0 Å². The number of halogens is 1. The van der Waals surface area contributed by atoms with Crippen LogP contribution in [0.3, 0.4) is 0 Å². The molecule has 2 heterocycles. The van der Waals surface area contributed by atoms with Crippen molar-refractivity contribution < 1.29 is 4.42 Å². The van der Waals surface area contributed by atoms with Crippen LogP contribution in [0.15, 0.2) is 40.0 Å². The highest BCUT2D eigenvalue weighted by atomic mass is 35.5. The highest BCUT2D eigenvalue weighted by molar-refractivity contribution is 7.98. The lowest BCUT2D eigenvalue weighted by atomic mass is 10.0. The fourth-order valence-electron chi connectivity index (χ4n) is 3.34. The SMILES string of the molecule is Clc1ccc(-c2cnc(CSc3n[nH]c(CCC4CCCC4)n3)o2)cc1. The lowest BCUT2D eigenvalue weighted by Crippen LogP contribution is -1.97. The molecule has 0 bridgehead atoms. The van der Waals surface area contributed by atoms with E-state index in [1.165, 1.54) is 43.9 Å². The average Bonchev–Trinajstić information content (AvgIpc) is 3.40. The number of thioether (sulfide) groups is 1. The fourth-order valence-corrected chi connectivity index (χ4v) is 4.14. The maximum absolute atomic E-state index is 5.92. The van der Waals surface area contributed by atoms with Crippen molar-refractivity contribution in [3.05, 3.63) is 47.2 Å². The summed E-state index contributed by atoms with van der Waals surface area (Å²) in [7, 11) is 0. The summed E-state index contributed by atoms with van der Waals surface area (Å²) in [4.78, 5) is 8.91. The third-order valence-electron chi connectivity index (χ3n) is 4.78. The van der Waals surface area contributed by atoms with Crippen LogP contribution in [-0.2, 0) is 12.2 Å². The van der Waals surface area contributed by atoms with Gasteiger partial charge in [0.15, 0.2) is 5.76 Å². The van der Waals surface area contributed by atoms with Crippen LogP contribution < -0.4 is 0 Å². The Labute approximate surface area is 162 Å². The Kier molecular flexibility index (Phi) is 5.60. The molecule has 0 saturated heterocycles. The van der Waals surface area contributed by atoms with Gasteiger partial charge in [0.1, 0.15) is 5.82 Å². The number of aryl methyl sites for hydroxylation is 1. The van der Waals surface area contributed by atoms with Gasteiger partial charge in [0.05, 0.1) is 11.9 Å². The molecule has 1 saturated carbocycles. The number of H-pyrrole nitrogens is 1. The van der Waals surface area contributed by atoms with Crippen molar-refractivity contribution in [1.29, 1.82) is 0 Å². The summed E-state index contributed by atoms with van der Waals surface area (Å²) in [6.45, 7) is 0. The largest absolute Gasteiger partial charge is 0.440 e. The topological polar surface area (TPSA) is 67.6 Å². The fraction of sp³-hybridized carbons (Fsp3) is 0.421. The number of hydrogen-bond donors (Lipinski definition) is 1. The van der Waals surface area contributed by atoms with Gasteiger partial charge in [-0.15, -0.1) is 5.10 Å². The first kappa shape index (κ1) is 17.6. The quantitative estimate of drug-likeness (QED) is 0.539. The second kappa shape index (κ2) is 8.27. The predicted octanol–water partition coefficient (Wildman–Crippen LogP) is 5.53. The van der Waals surface area contributed by atoms with E-state index in [1.807, 2.05) is 24.3 Å². The number of hydrogen-bond acceptors (Lipinski definition) is 5. The number of aromatic amines is 1. The van der Waals surface area contributed by atoms with Crippen molar-refractivity contribution in [1.82, 2.24) is 20.2 Å². The summed E-state index contributed by atoms with van der Waals surface area (Å²) in [5.74, 6) is 3.86. The number of oxazole rings is 1. The molecule has 2 aromatic heterocycles. The van der Waals surface area contributed by atoms with Crippen LogP contribution in [0.4, 0.5) is 0 Å². The zero-order chi connectivity index (χ0) is 17.8. The maximum atomic E-state index is 5.92. The molecule has 26 heavy (non-hydrogen) atoms. The average molecular weight is 389 g/mol. The first-order valence-electron chi connectivity index (χ1n) is 9.01. The smallest absolute Gasteiger partial charge is 0.208 e. The molecule has 0 unspecified atom stereocenters. The van der Waals surface area contributed by atoms with Crippen molar-refractivity contribution in [3.63, 3.8) is 0 Å². The molecule has 0 spiro atoms. The van der Waals surface area contributed by atoms with Gasteiger partial charge in [-0.3, -0.25) is 5.10 Å². The molecule has 1 N–H and O–H groups in total. The van der Waals surface area contributed by atoms with Gasteiger partial charge >= 0.3 is 0 Å². The predicted molar refractivity (Wildman–Crippen MR) is 103 cm³/mol. The highest BCUT2D eigenvalue weighted by Gasteiger charge is 2.16. The molecule has 1 fully saturated rings. The van der Waals surface area contributed by atoms with Gasteiger partial charge in [0.25, 0.3) is 0 Å². The molecule has 0 atom stereocenters. The van der Waals surface area contributed by atoms with Crippen LogP contribution in [-0.4, -0.2) is 20.2 Å².